The molecule has 0 saturated heterocycles. The molecule has 0 unspecified atom stereocenters. The molecule has 19 rings (SSSR count). The molecular formula is C124H124N12O6+2. The van der Waals surface area contributed by atoms with Gasteiger partial charge in [-0.3, -0.25) is 0 Å². The molecule has 5 aromatic heterocycles. The van der Waals surface area contributed by atoms with E-state index in [4.69, 9.17) is 38.4 Å². The van der Waals surface area contributed by atoms with Gasteiger partial charge < -0.3 is 49.0 Å². The Morgan fingerprint density at radius 1 is 0.246 bits per heavy atom. The predicted molar refractivity (Wildman–Crippen MR) is 570 cm³/mol. The molecule has 0 fully saturated rings. The van der Waals surface area contributed by atoms with Crippen LogP contribution >= 0.6 is 0 Å². The zero-order valence-corrected chi connectivity index (χ0v) is 83.2. The number of hydrogen-bond acceptors (Lipinski definition) is 12. The van der Waals surface area contributed by atoms with Crippen LogP contribution < -0.4 is 39.1 Å². The summed E-state index contributed by atoms with van der Waals surface area (Å²) in [6, 6.07) is 111. The van der Waals surface area contributed by atoms with Crippen molar-refractivity contribution in [3.8, 4) is 79.0 Å². The van der Waals surface area contributed by atoms with Crippen molar-refractivity contribution in [3.63, 3.8) is 0 Å². The summed E-state index contributed by atoms with van der Waals surface area (Å²) in [6.45, 7) is 34.0. The monoisotopic (exact) mass is 1880 g/mol. The standard InChI is InChI=1S/C124H122N12O6/c1-121(2,3)97-61-95(62-98(65-97)122(4,5)6)119-113-53-49-109(127-113)117(93-41-33-83(34-42-93)69-125-71-85-37-45-103(46-38-85)141-81-101-75-135(133-131-101)73-91-57-105(137-77-87-25-17-13-18-26-87)67-106(58-91)138-78-88-27-19-14-20-28-88)111-51-55-115(129-111)120(96-63-99(123(7,8)9)66-100(64-96)124(10,11)12)116-56-52-112(130-116)118(110-50-54-114(119)128-110)94-43-35-84(36-44-94)70-126-72-86-39-47-104(48-40-86)142-82-102-76-136(134-132-102)74-92-59-107(139-79-89-29-21-15-22-30-89)68-108(60-92)140-80-90-31-23-16-24-32-90/h13-68,75-76,125-127,130H,69-74,77-82H2,1-12H3/p+2. The Bertz CT molecular complexity index is 6890. The first kappa shape index (κ1) is 95.2. The van der Waals surface area contributed by atoms with Crippen molar-refractivity contribution in [2.24, 2.45) is 0 Å². The van der Waals surface area contributed by atoms with Crippen molar-refractivity contribution in [2.45, 2.75) is 184 Å². The summed E-state index contributed by atoms with van der Waals surface area (Å²) in [5.41, 5.74) is 32.4. The minimum absolute atomic E-state index is 0.156. The number of ether oxygens (including phenoxy) is 6. The number of fused-ring (bicyclic) bond motifs is 8. The fraction of sp³-hybridized carbons (Fsp3) is 0.226. The van der Waals surface area contributed by atoms with Crippen LogP contribution in [0.2, 0.25) is 0 Å². The number of nitrogens with two attached hydrogens (primary N) is 2. The minimum Gasteiger partial charge on any atom is -0.489 e. The van der Waals surface area contributed by atoms with Crippen LogP contribution in [0, 0.1) is 0 Å². The first-order valence-corrected chi connectivity index (χ1v) is 49.2. The molecule has 12 aromatic carbocycles. The molecule has 2 aliphatic rings. The summed E-state index contributed by atoms with van der Waals surface area (Å²) < 4.78 is 41.5. The van der Waals surface area contributed by atoms with Gasteiger partial charge in [0.25, 0.3) is 0 Å². The molecule has 2 aliphatic heterocycles. The number of aromatic nitrogens is 10. The van der Waals surface area contributed by atoms with Crippen LogP contribution in [-0.2, 0) is 101 Å². The Morgan fingerprint density at radius 3 is 0.782 bits per heavy atom. The van der Waals surface area contributed by atoms with Crippen molar-refractivity contribution in [1.29, 1.82) is 0 Å². The maximum atomic E-state index is 6.31. The van der Waals surface area contributed by atoms with E-state index in [1.165, 1.54) is 44.5 Å². The van der Waals surface area contributed by atoms with Gasteiger partial charge in [-0.1, -0.05) is 300 Å². The van der Waals surface area contributed by atoms with E-state index in [0.717, 1.165) is 172 Å². The van der Waals surface area contributed by atoms with Gasteiger partial charge in [0.05, 0.1) is 48.3 Å². The average Bonchev–Trinajstić information content (AvgIpc) is 1.59. The number of benzene rings is 12. The fourth-order valence-electron chi connectivity index (χ4n) is 18.0. The number of H-pyrrole nitrogens is 2. The normalized spacial score (nSPS) is 12.1. The maximum Gasteiger partial charge on any atom is 0.134 e. The molecule has 18 nitrogen and oxygen atoms in total. The van der Waals surface area contributed by atoms with Crippen LogP contribution in [-0.4, -0.2) is 49.9 Å². The van der Waals surface area contributed by atoms with Gasteiger partial charge in [-0.25, -0.2) is 19.3 Å². The molecule has 0 spiro atoms. The molecule has 7 heterocycles. The van der Waals surface area contributed by atoms with Gasteiger partial charge in [0.15, 0.2) is 0 Å². The smallest absolute Gasteiger partial charge is 0.134 e. The van der Waals surface area contributed by atoms with Gasteiger partial charge in [0.1, 0.15) is 112 Å². The fourth-order valence-corrected chi connectivity index (χ4v) is 18.0. The van der Waals surface area contributed by atoms with Crippen LogP contribution in [0.15, 0.2) is 328 Å². The number of aromatic amines is 2. The lowest BCUT2D eigenvalue weighted by Crippen LogP contribution is -2.80. The predicted octanol–water partition coefficient (Wildman–Crippen LogP) is 25.8. The lowest BCUT2D eigenvalue weighted by Gasteiger charge is -2.26. The highest BCUT2D eigenvalue weighted by Crippen LogP contribution is 2.44. The number of nitrogens with zero attached hydrogens (tertiary/aromatic N) is 8. The van der Waals surface area contributed by atoms with E-state index < -0.39 is 0 Å². The first-order valence-electron chi connectivity index (χ1n) is 49.2. The van der Waals surface area contributed by atoms with Crippen LogP contribution in [0.5, 0.6) is 34.5 Å². The minimum atomic E-state index is -0.156. The highest BCUT2D eigenvalue weighted by atomic mass is 16.5. The maximum absolute atomic E-state index is 6.31. The summed E-state index contributed by atoms with van der Waals surface area (Å²) in [5, 5.41) is 22.7. The van der Waals surface area contributed by atoms with Crippen molar-refractivity contribution < 1.29 is 39.1 Å². The summed E-state index contributed by atoms with van der Waals surface area (Å²) in [5.74, 6) is 4.38. The summed E-state index contributed by atoms with van der Waals surface area (Å²) in [4.78, 5) is 19.9. The molecular weight excluding hydrogens is 1750 g/mol. The van der Waals surface area contributed by atoms with Crippen LogP contribution in [0.4, 0.5) is 0 Å². The quantitative estimate of drug-likeness (QED) is 0.0297. The third-order valence-corrected chi connectivity index (χ3v) is 26.0. The SMILES string of the molecule is CC(C)(C)c1cc(-c2c3nc(c(-c4ccc(C[NH2+]Cc5ccc(OCc6cn(Cc7cc(OCc8ccccc8)cc(OCc8ccccc8)c7)nn6)cc5)cc4)c4ccc([nH]4)c(-c4cc(C(C)(C)C)cc(C(C)(C)C)c4)c4nc(c(-c5ccc(C[NH2+]Cc6ccc(OCc7cn(Cc8cc(OCc9ccccc9)cc(OCc9ccccc9)c8)nn7)cc6)cc5)c5ccc2[nH]5)C=C4)C=C3)cc(C(C)(C)C)c1. The Labute approximate surface area is 832 Å². The third kappa shape index (κ3) is 24.0. The number of quaternary nitrogens is 2. The van der Waals surface area contributed by atoms with Crippen LogP contribution in [0.25, 0.3) is 90.9 Å². The number of hydrogen-bond donors (Lipinski definition) is 4. The highest BCUT2D eigenvalue weighted by molar-refractivity contribution is 6.00. The van der Waals surface area contributed by atoms with Crippen LogP contribution in [0.3, 0.4) is 0 Å². The second-order valence-corrected chi connectivity index (χ2v) is 41.3. The topological polar surface area (TPSA) is 207 Å². The Balaban J connectivity index is 0.577. The van der Waals surface area contributed by atoms with Crippen molar-refractivity contribution >= 4 is 46.4 Å². The summed E-state index contributed by atoms with van der Waals surface area (Å²) in [6.07, 6.45) is 12.7. The van der Waals surface area contributed by atoms with Gasteiger partial charge in [0.2, 0.25) is 0 Å². The van der Waals surface area contributed by atoms with E-state index in [1.54, 1.807) is 0 Å². The van der Waals surface area contributed by atoms with E-state index in [0.29, 0.717) is 62.5 Å². The molecule has 0 amide bonds. The number of nitrogens with one attached hydrogen (secondary N) is 2. The molecule has 8 bridgehead atoms. The zero-order chi connectivity index (χ0) is 97.9. The molecule has 0 aliphatic carbocycles. The zero-order valence-electron chi connectivity index (χ0n) is 83.2. The van der Waals surface area contributed by atoms with Gasteiger partial charge in [-0.05, 0) is 221 Å². The first-order chi connectivity index (χ1) is 68.7. The Kier molecular flexibility index (Phi) is 28.2. The second-order valence-electron chi connectivity index (χ2n) is 41.3. The van der Waals surface area contributed by atoms with Crippen molar-refractivity contribution in [3.05, 3.63) is 440 Å². The summed E-state index contributed by atoms with van der Waals surface area (Å²) in [7, 11) is 0. The van der Waals surface area contributed by atoms with Gasteiger partial charge in [-0.15, -0.1) is 10.2 Å². The second kappa shape index (κ2) is 42.1. The largest absolute Gasteiger partial charge is 0.489 e. The lowest BCUT2D eigenvalue weighted by molar-refractivity contribution is -0.686. The van der Waals surface area contributed by atoms with Crippen LogP contribution in [0.1, 0.15) is 195 Å². The third-order valence-electron chi connectivity index (χ3n) is 26.0. The summed E-state index contributed by atoms with van der Waals surface area (Å²) >= 11 is 0. The molecule has 0 atom stereocenters. The molecule has 17 aromatic rings. The van der Waals surface area contributed by atoms with Gasteiger partial charge in [0, 0.05) is 78.7 Å². The van der Waals surface area contributed by atoms with E-state index in [2.05, 4.69) is 331 Å². The van der Waals surface area contributed by atoms with E-state index >= 15 is 0 Å². The van der Waals surface area contributed by atoms with Gasteiger partial charge in [-0.2, -0.15) is 0 Å². The highest BCUT2D eigenvalue weighted by Gasteiger charge is 2.28. The van der Waals surface area contributed by atoms with Crippen molar-refractivity contribution in [1.82, 2.24) is 49.9 Å². The van der Waals surface area contributed by atoms with E-state index in [9.17, 15) is 0 Å². The molecule has 0 saturated carbocycles. The Morgan fingerprint density at radius 2 is 0.507 bits per heavy atom. The lowest BCUT2D eigenvalue weighted by atomic mass is 9.78. The average molecular weight is 1880 g/mol. The van der Waals surface area contributed by atoms with Crippen molar-refractivity contribution in [2.75, 3.05) is 0 Å². The molecule has 0 radical (unpaired) electrons. The Hall–Kier alpha value is -15.8. The van der Waals surface area contributed by atoms with E-state index in [1.807, 2.05) is 155 Å². The molecule has 142 heavy (non-hydrogen) atoms. The van der Waals surface area contributed by atoms with E-state index in [-0.39, 0.29) is 34.9 Å². The molecule has 714 valence electrons. The molecule has 6 N–H and O–H groups in total. The number of rotatable bonds is 34. The van der Waals surface area contributed by atoms with Gasteiger partial charge >= 0.3 is 0 Å². The molecule has 18 heteroatoms.